The quantitative estimate of drug-likeness (QED) is 0.756. The molecule has 0 atom stereocenters. The number of pyridine rings is 1. The van der Waals surface area contributed by atoms with E-state index in [2.05, 4.69) is 20.9 Å². The summed E-state index contributed by atoms with van der Waals surface area (Å²) in [5, 5.41) is 0.725. The van der Waals surface area contributed by atoms with Crippen LogP contribution < -0.4 is 0 Å². The molecule has 0 amide bonds. The average molecular weight is 269 g/mol. The molecule has 0 spiro atoms. The normalized spacial score (nSPS) is 10.1. The minimum absolute atomic E-state index is 0.725. The molecule has 0 N–H and O–H groups in total. The standard InChI is InChI=1S/C11H7BrClN/c12-10-7-9(1-2-11(10)13)8-3-5-14-6-4-8/h1-7H. The summed E-state index contributed by atoms with van der Waals surface area (Å²) in [6, 6.07) is 9.80. The van der Waals surface area contributed by atoms with Gasteiger partial charge in [-0.1, -0.05) is 17.7 Å². The van der Waals surface area contributed by atoms with Gasteiger partial charge in [-0.3, -0.25) is 4.98 Å². The molecular formula is C11H7BrClN. The minimum Gasteiger partial charge on any atom is -0.265 e. The third-order valence-corrected chi connectivity index (χ3v) is 3.15. The number of rotatable bonds is 1. The average Bonchev–Trinajstić information content (AvgIpc) is 2.23. The first-order chi connectivity index (χ1) is 6.77. The Morgan fingerprint density at radius 2 is 1.71 bits per heavy atom. The second kappa shape index (κ2) is 4.11. The monoisotopic (exact) mass is 267 g/mol. The summed E-state index contributed by atoms with van der Waals surface area (Å²) in [6.45, 7) is 0. The zero-order valence-electron chi connectivity index (χ0n) is 7.24. The molecule has 70 valence electrons. The van der Waals surface area contributed by atoms with Gasteiger partial charge in [0.25, 0.3) is 0 Å². The minimum atomic E-state index is 0.725. The third kappa shape index (κ3) is 1.97. The maximum Gasteiger partial charge on any atom is 0.0548 e. The molecular weight excluding hydrogens is 261 g/mol. The molecule has 0 aliphatic heterocycles. The molecule has 1 aromatic carbocycles. The zero-order valence-corrected chi connectivity index (χ0v) is 9.59. The van der Waals surface area contributed by atoms with Gasteiger partial charge >= 0.3 is 0 Å². The van der Waals surface area contributed by atoms with Gasteiger partial charge in [0.2, 0.25) is 0 Å². The number of nitrogens with zero attached hydrogens (tertiary/aromatic N) is 1. The molecule has 2 rings (SSSR count). The topological polar surface area (TPSA) is 12.9 Å². The lowest BCUT2D eigenvalue weighted by atomic mass is 10.1. The molecule has 14 heavy (non-hydrogen) atoms. The maximum absolute atomic E-state index is 5.91. The second-order valence-corrected chi connectivity index (χ2v) is 4.13. The van der Waals surface area contributed by atoms with Crippen molar-refractivity contribution in [1.29, 1.82) is 0 Å². The smallest absolute Gasteiger partial charge is 0.0548 e. The Balaban J connectivity index is 2.48. The number of halogens is 2. The van der Waals surface area contributed by atoms with Crippen molar-refractivity contribution in [2.24, 2.45) is 0 Å². The molecule has 1 aromatic heterocycles. The molecule has 0 fully saturated rings. The van der Waals surface area contributed by atoms with Crippen LogP contribution in [0.5, 0.6) is 0 Å². The summed E-state index contributed by atoms with van der Waals surface area (Å²) in [5.41, 5.74) is 2.26. The van der Waals surface area contributed by atoms with Gasteiger partial charge in [-0.2, -0.15) is 0 Å². The van der Waals surface area contributed by atoms with Crippen molar-refractivity contribution in [3.05, 3.63) is 52.2 Å². The van der Waals surface area contributed by atoms with E-state index in [1.807, 2.05) is 30.3 Å². The van der Waals surface area contributed by atoms with Gasteiger partial charge in [0.05, 0.1) is 5.02 Å². The fourth-order valence-corrected chi connectivity index (χ4v) is 1.72. The lowest BCUT2D eigenvalue weighted by Crippen LogP contribution is -1.78. The maximum atomic E-state index is 5.91. The van der Waals surface area contributed by atoms with Crippen LogP contribution >= 0.6 is 27.5 Å². The summed E-state index contributed by atoms with van der Waals surface area (Å²) in [5.74, 6) is 0. The van der Waals surface area contributed by atoms with E-state index in [-0.39, 0.29) is 0 Å². The molecule has 3 heteroatoms. The zero-order chi connectivity index (χ0) is 9.97. The molecule has 0 unspecified atom stereocenters. The third-order valence-electron chi connectivity index (χ3n) is 1.93. The highest BCUT2D eigenvalue weighted by Gasteiger charge is 2.00. The summed E-state index contributed by atoms with van der Waals surface area (Å²) >= 11 is 9.30. The highest BCUT2D eigenvalue weighted by molar-refractivity contribution is 9.10. The van der Waals surface area contributed by atoms with E-state index in [0.29, 0.717) is 0 Å². The van der Waals surface area contributed by atoms with Gasteiger partial charge in [0, 0.05) is 16.9 Å². The van der Waals surface area contributed by atoms with Gasteiger partial charge < -0.3 is 0 Å². The van der Waals surface area contributed by atoms with Crippen LogP contribution in [0.4, 0.5) is 0 Å². The van der Waals surface area contributed by atoms with Crippen LogP contribution in [0.1, 0.15) is 0 Å². The second-order valence-electron chi connectivity index (χ2n) is 2.86. The lowest BCUT2D eigenvalue weighted by Gasteiger charge is -2.02. The van der Waals surface area contributed by atoms with Crippen LogP contribution in [-0.4, -0.2) is 4.98 Å². The predicted octanol–water partition coefficient (Wildman–Crippen LogP) is 4.16. The fourth-order valence-electron chi connectivity index (χ4n) is 1.22. The number of benzene rings is 1. The molecule has 0 radical (unpaired) electrons. The summed E-state index contributed by atoms with van der Waals surface area (Å²) in [4.78, 5) is 3.97. The van der Waals surface area contributed by atoms with Crippen LogP contribution in [0.25, 0.3) is 11.1 Å². The van der Waals surface area contributed by atoms with Crippen LogP contribution in [0.2, 0.25) is 5.02 Å². The van der Waals surface area contributed by atoms with E-state index in [4.69, 9.17) is 11.6 Å². The number of hydrogen-bond donors (Lipinski definition) is 0. The predicted molar refractivity (Wildman–Crippen MR) is 62.4 cm³/mol. The van der Waals surface area contributed by atoms with Crippen molar-refractivity contribution < 1.29 is 0 Å². The van der Waals surface area contributed by atoms with Crippen molar-refractivity contribution in [1.82, 2.24) is 4.98 Å². The Bertz CT molecular complexity index is 442. The van der Waals surface area contributed by atoms with Gasteiger partial charge in [0.1, 0.15) is 0 Å². The molecule has 0 saturated carbocycles. The van der Waals surface area contributed by atoms with Crippen molar-refractivity contribution in [2.45, 2.75) is 0 Å². The first kappa shape index (κ1) is 9.69. The molecule has 0 saturated heterocycles. The van der Waals surface area contributed by atoms with Crippen molar-refractivity contribution in [3.8, 4) is 11.1 Å². The van der Waals surface area contributed by atoms with E-state index in [0.717, 1.165) is 20.6 Å². The molecule has 0 aliphatic carbocycles. The molecule has 1 nitrogen and oxygen atoms in total. The van der Waals surface area contributed by atoms with Crippen molar-refractivity contribution >= 4 is 27.5 Å². The van der Waals surface area contributed by atoms with E-state index in [1.165, 1.54) is 0 Å². The Morgan fingerprint density at radius 1 is 1.00 bits per heavy atom. The Labute approximate surface area is 95.9 Å². The first-order valence-electron chi connectivity index (χ1n) is 4.13. The summed E-state index contributed by atoms with van der Waals surface area (Å²) < 4.78 is 0.911. The van der Waals surface area contributed by atoms with Gasteiger partial charge in [-0.05, 0) is 51.3 Å². The Kier molecular flexibility index (Phi) is 2.85. The van der Waals surface area contributed by atoms with E-state index in [1.54, 1.807) is 12.4 Å². The highest BCUT2D eigenvalue weighted by atomic mass is 79.9. The largest absolute Gasteiger partial charge is 0.265 e. The molecule has 1 heterocycles. The van der Waals surface area contributed by atoms with Gasteiger partial charge in [-0.15, -0.1) is 0 Å². The molecule has 2 aromatic rings. The van der Waals surface area contributed by atoms with Crippen LogP contribution in [0, 0.1) is 0 Å². The Hall–Kier alpha value is -0.860. The van der Waals surface area contributed by atoms with Crippen LogP contribution in [0.15, 0.2) is 47.2 Å². The van der Waals surface area contributed by atoms with Gasteiger partial charge in [0.15, 0.2) is 0 Å². The van der Waals surface area contributed by atoms with Crippen LogP contribution in [-0.2, 0) is 0 Å². The molecule has 0 bridgehead atoms. The molecule has 0 aliphatic rings. The lowest BCUT2D eigenvalue weighted by molar-refractivity contribution is 1.33. The highest BCUT2D eigenvalue weighted by Crippen LogP contribution is 2.28. The van der Waals surface area contributed by atoms with E-state index < -0.39 is 0 Å². The number of hydrogen-bond acceptors (Lipinski definition) is 1. The SMILES string of the molecule is Clc1ccc(-c2ccncc2)cc1Br. The summed E-state index contributed by atoms with van der Waals surface area (Å²) in [6.07, 6.45) is 3.55. The van der Waals surface area contributed by atoms with Crippen molar-refractivity contribution in [2.75, 3.05) is 0 Å². The van der Waals surface area contributed by atoms with Gasteiger partial charge in [-0.25, -0.2) is 0 Å². The Morgan fingerprint density at radius 3 is 2.36 bits per heavy atom. The van der Waals surface area contributed by atoms with Crippen LogP contribution in [0.3, 0.4) is 0 Å². The van der Waals surface area contributed by atoms with E-state index in [9.17, 15) is 0 Å². The fraction of sp³-hybridized carbons (Fsp3) is 0. The number of aromatic nitrogens is 1. The first-order valence-corrected chi connectivity index (χ1v) is 5.30. The summed E-state index contributed by atoms with van der Waals surface area (Å²) in [7, 11) is 0. The van der Waals surface area contributed by atoms with E-state index >= 15 is 0 Å². The van der Waals surface area contributed by atoms with Crippen molar-refractivity contribution in [3.63, 3.8) is 0 Å².